The maximum atomic E-state index is 12.4. The first-order chi connectivity index (χ1) is 36.0. The van der Waals surface area contributed by atoms with E-state index in [0.717, 1.165) is 38.5 Å². The molecule has 436 valence electrons. The monoisotopic (exact) mass is 1030 g/mol. The smallest absolute Gasteiger partial charge is 0.305 e. The van der Waals surface area contributed by atoms with Crippen molar-refractivity contribution in [1.29, 1.82) is 0 Å². The zero-order chi connectivity index (χ0) is 52.9. The van der Waals surface area contributed by atoms with Crippen LogP contribution in [0.4, 0.5) is 0 Å². The maximum Gasteiger partial charge on any atom is 0.305 e. The lowest BCUT2D eigenvalue weighted by Gasteiger charge is -2.22. The zero-order valence-corrected chi connectivity index (χ0v) is 49.9. The lowest BCUT2D eigenvalue weighted by molar-refractivity contribution is -0.143. The number of nitrogens with one attached hydrogen (secondary N) is 1. The molecule has 0 saturated carbocycles. The Labute approximate surface area is 457 Å². The highest BCUT2D eigenvalue weighted by molar-refractivity contribution is 5.76. The molecule has 0 aromatic rings. The molecule has 6 nitrogen and oxygen atoms in total. The van der Waals surface area contributed by atoms with Crippen molar-refractivity contribution in [3.63, 3.8) is 0 Å². The van der Waals surface area contributed by atoms with E-state index in [4.69, 9.17) is 4.74 Å². The van der Waals surface area contributed by atoms with Crippen LogP contribution < -0.4 is 5.32 Å². The normalized spacial score (nSPS) is 12.4. The van der Waals surface area contributed by atoms with E-state index in [9.17, 15) is 19.8 Å². The summed E-state index contributed by atoms with van der Waals surface area (Å²) in [4.78, 5) is 24.5. The van der Waals surface area contributed by atoms with E-state index in [1.807, 2.05) is 0 Å². The van der Waals surface area contributed by atoms with Crippen molar-refractivity contribution in [2.45, 2.75) is 405 Å². The molecule has 0 spiro atoms. The van der Waals surface area contributed by atoms with Gasteiger partial charge in [0.1, 0.15) is 0 Å². The van der Waals surface area contributed by atoms with Gasteiger partial charge in [0.15, 0.2) is 0 Å². The van der Waals surface area contributed by atoms with E-state index in [1.54, 1.807) is 0 Å². The Bertz CT molecular complexity index is 1050. The van der Waals surface area contributed by atoms with Gasteiger partial charge in [-0.05, 0) is 25.7 Å². The first-order valence-corrected chi connectivity index (χ1v) is 33.8. The molecule has 0 rings (SSSR count). The third-order valence-corrected chi connectivity index (χ3v) is 16.2. The average Bonchev–Trinajstić information content (AvgIpc) is 3.39. The summed E-state index contributed by atoms with van der Waals surface area (Å²) in [6.07, 6.45) is 75.9. The van der Waals surface area contributed by atoms with Gasteiger partial charge in [0.2, 0.25) is 5.91 Å². The molecule has 2 unspecified atom stereocenters. The largest absolute Gasteiger partial charge is 0.466 e. The summed E-state index contributed by atoms with van der Waals surface area (Å²) in [5, 5.41) is 23.2. The molecule has 0 heterocycles. The Morgan fingerprint density at radius 3 is 0.836 bits per heavy atom. The molecule has 1 amide bonds. The molecule has 73 heavy (non-hydrogen) atoms. The highest BCUT2D eigenvalue weighted by atomic mass is 16.5. The molecule has 0 aromatic carbocycles. The number of aliphatic hydroxyl groups is 2. The Morgan fingerprint density at radius 2 is 0.562 bits per heavy atom. The fourth-order valence-electron chi connectivity index (χ4n) is 11.0. The molecular weight excluding hydrogens is 899 g/mol. The van der Waals surface area contributed by atoms with Crippen molar-refractivity contribution >= 4 is 11.9 Å². The highest BCUT2D eigenvalue weighted by Gasteiger charge is 2.20. The molecule has 2 atom stereocenters. The summed E-state index contributed by atoms with van der Waals surface area (Å²) in [7, 11) is 0. The van der Waals surface area contributed by atoms with Crippen LogP contribution in [0.1, 0.15) is 393 Å². The van der Waals surface area contributed by atoms with Crippen LogP contribution in [0.25, 0.3) is 0 Å². The Morgan fingerprint density at radius 1 is 0.329 bits per heavy atom. The molecule has 0 saturated heterocycles. The lowest BCUT2D eigenvalue weighted by Crippen LogP contribution is -2.45. The molecule has 6 heteroatoms. The molecule has 0 fully saturated rings. The van der Waals surface area contributed by atoms with Gasteiger partial charge >= 0.3 is 5.97 Å². The molecule has 0 radical (unpaired) electrons. The van der Waals surface area contributed by atoms with Gasteiger partial charge in [-0.3, -0.25) is 9.59 Å². The summed E-state index contributed by atoms with van der Waals surface area (Å²) >= 11 is 0. The van der Waals surface area contributed by atoms with Crippen LogP contribution in [0.5, 0.6) is 0 Å². The number of esters is 1. The third kappa shape index (κ3) is 60.0. The maximum absolute atomic E-state index is 12.4. The number of aliphatic hydroxyl groups excluding tert-OH is 2. The zero-order valence-electron chi connectivity index (χ0n) is 49.9. The van der Waals surface area contributed by atoms with Gasteiger partial charge in [-0.2, -0.15) is 0 Å². The van der Waals surface area contributed by atoms with Crippen LogP contribution >= 0.6 is 0 Å². The van der Waals surface area contributed by atoms with Crippen LogP contribution in [-0.4, -0.2) is 47.4 Å². The second-order valence-corrected chi connectivity index (χ2v) is 23.5. The number of amides is 1. The van der Waals surface area contributed by atoms with Crippen molar-refractivity contribution in [2.24, 2.45) is 0 Å². The van der Waals surface area contributed by atoms with Gasteiger partial charge in [0.25, 0.3) is 0 Å². The Balaban J connectivity index is 3.28. The van der Waals surface area contributed by atoms with E-state index in [1.165, 1.54) is 321 Å². The summed E-state index contributed by atoms with van der Waals surface area (Å²) in [5.41, 5.74) is 0. The summed E-state index contributed by atoms with van der Waals surface area (Å²) < 4.78 is 5.50. The second-order valence-electron chi connectivity index (χ2n) is 23.5. The molecule has 3 N–H and O–H groups in total. The molecule has 0 aliphatic carbocycles. The lowest BCUT2D eigenvalue weighted by atomic mass is 10.0. The minimum atomic E-state index is -0.658. The van der Waals surface area contributed by atoms with Crippen LogP contribution in [0.2, 0.25) is 0 Å². The molecule has 0 aliphatic heterocycles. The van der Waals surface area contributed by atoms with E-state index in [-0.39, 0.29) is 18.5 Å². The van der Waals surface area contributed by atoms with Crippen molar-refractivity contribution < 1.29 is 24.5 Å². The van der Waals surface area contributed by atoms with E-state index in [2.05, 4.69) is 19.2 Å². The first-order valence-electron chi connectivity index (χ1n) is 33.8. The van der Waals surface area contributed by atoms with Gasteiger partial charge in [0, 0.05) is 12.8 Å². The number of carbonyl (C=O) groups is 2. The number of ether oxygens (including phenoxy) is 1. The summed E-state index contributed by atoms with van der Waals surface area (Å²) in [5.74, 6) is -0.00551. The van der Waals surface area contributed by atoms with E-state index >= 15 is 0 Å². The summed E-state index contributed by atoms with van der Waals surface area (Å²) in [6, 6.07) is -0.535. The van der Waals surface area contributed by atoms with E-state index in [0.29, 0.717) is 25.9 Å². The van der Waals surface area contributed by atoms with Gasteiger partial charge in [-0.1, -0.05) is 354 Å². The quantitative estimate of drug-likeness (QED) is 0.0417. The highest BCUT2D eigenvalue weighted by Crippen LogP contribution is 2.19. The van der Waals surface area contributed by atoms with Crippen LogP contribution in [0.3, 0.4) is 0 Å². The van der Waals surface area contributed by atoms with Gasteiger partial charge in [0.05, 0.1) is 25.4 Å². The summed E-state index contributed by atoms with van der Waals surface area (Å²) in [6.45, 7) is 4.98. The van der Waals surface area contributed by atoms with Gasteiger partial charge in [-0.15, -0.1) is 0 Å². The van der Waals surface area contributed by atoms with Crippen LogP contribution in [-0.2, 0) is 14.3 Å². The van der Waals surface area contributed by atoms with Crippen LogP contribution in [0.15, 0.2) is 0 Å². The molecular formula is C67H133NO5. The number of unbranched alkanes of at least 4 members (excludes halogenated alkanes) is 53. The second kappa shape index (κ2) is 63.4. The number of hydrogen-bond acceptors (Lipinski definition) is 5. The third-order valence-electron chi connectivity index (χ3n) is 16.2. The fourth-order valence-corrected chi connectivity index (χ4v) is 11.0. The number of rotatable bonds is 64. The van der Waals surface area contributed by atoms with E-state index < -0.39 is 12.1 Å². The molecule has 0 aliphatic rings. The van der Waals surface area contributed by atoms with Crippen molar-refractivity contribution in [3.05, 3.63) is 0 Å². The Hall–Kier alpha value is -1.14. The standard InChI is InChI=1S/C67H133NO5/c1-3-5-7-9-11-13-15-16-34-38-41-45-49-53-57-61-67(72)73-62-58-54-50-46-42-39-36-33-31-29-27-25-23-21-19-17-18-20-22-24-26-28-30-32-35-37-40-44-48-52-56-60-66(71)68-64(63-69)65(70)59-55-51-47-43-14-12-10-8-6-4-2/h64-65,69-70H,3-63H2,1-2H3,(H,68,71). The fraction of sp³-hybridized carbons (Fsp3) is 0.970. The van der Waals surface area contributed by atoms with Gasteiger partial charge in [-0.25, -0.2) is 0 Å². The number of hydrogen-bond donors (Lipinski definition) is 3. The minimum absolute atomic E-state index is 0.0245. The first kappa shape index (κ1) is 71.9. The van der Waals surface area contributed by atoms with Crippen molar-refractivity contribution in [3.8, 4) is 0 Å². The number of carbonyl (C=O) groups excluding carboxylic acids is 2. The predicted molar refractivity (Wildman–Crippen MR) is 320 cm³/mol. The predicted octanol–water partition coefficient (Wildman–Crippen LogP) is 21.4. The van der Waals surface area contributed by atoms with Crippen molar-refractivity contribution in [2.75, 3.05) is 13.2 Å². The molecule has 0 aromatic heterocycles. The van der Waals surface area contributed by atoms with Crippen LogP contribution in [0, 0.1) is 0 Å². The Kier molecular flexibility index (Phi) is 62.4. The average molecular weight is 1030 g/mol. The topological polar surface area (TPSA) is 95.9 Å². The van der Waals surface area contributed by atoms with Crippen molar-refractivity contribution in [1.82, 2.24) is 5.32 Å². The van der Waals surface area contributed by atoms with Gasteiger partial charge < -0.3 is 20.3 Å². The molecule has 0 bridgehead atoms. The SMILES string of the molecule is CCCCCCCCCCCCCCCCCC(=O)OCCCCCCCCCCCCCCCCCCCCCCCCCCCCCCCCCC(=O)NC(CO)C(O)CCCCCCCCCCCC. The minimum Gasteiger partial charge on any atom is -0.466 e.